The van der Waals surface area contributed by atoms with Gasteiger partial charge < -0.3 is 14.1 Å². The number of nitrogens with zero attached hydrogens (tertiary/aromatic N) is 1. The lowest BCUT2D eigenvalue weighted by atomic mass is 10.1. The minimum Gasteiger partial charge on any atom is -0.491 e. The standard InChI is InChI=1S/C22H22FNO3/c1-16(2)27-20-11-7-18(8-12-20)22(25)24(15-21-4-3-13-26-21)14-17-5-9-19(23)10-6-17/h3-13,16H,14-15H2,1-2H3. The first kappa shape index (κ1) is 18.7. The number of hydrogen-bond acceptors (Lipinski definition) is 3. The maximum atomic E-state index is 13.2. The Bertz CT molecular complexity index is 856. The topological polar surface area (TPSA) is 42.7 Å². The van der Waals surface area contributed by atoms with E-state index in [-0.39, 0.29) is 17.8 Å². The summed E-state index contributed by atoms with van der Waals surface area (Å²) in [7, 11) is 0. The number of furan rings is 1. The summed E-state index contributed by atoms with van der Waals surface area (Å²) in [4.78, 5) is 14.7. The van der Waals surface area contributed by atoms with Gasteiger partial charge in [-0.1, -0.05) is 12.1 Å². The van der Waals surface area contributed by atoms with Crippen LogP contribution in [-0.2, 0) is 13.1 Å². The van der Waals surface area contributed by atoms with E-state index in [1.165, 1.54) is 12.1 Å². The second-order valence-electron chi connectivity index (χ2n) is 6.56. The van der Waals surface area contributed by atoms with Crippen LogP contribution >= 0.6 is 0 Å². The monoisotopic (exact) mass is 367 g/mol. The first-order valence-corrected chi connectivity index (χ1v) is 8.84. The van der Waals surface area contributed by atoms with Crippen LogP contribution in [0.1, 0.15) is 35.5 Å². The molecule has 0 unspecified atom stereocenters. The highest BCUT2D eigenvalue weighted by molar-refractivity contribution is 5.94. The molecular weight excluding hydrogens is 345 g/mol. The van der Waals surface area contributed by atoms with E-state index in [4.69, 9.17) is 9.15 Å². The lowest BCUT2D eigenvalue weighted by Gasteiger charge is -2.22. The largest absolute Gasteiger partial charge is 0.491 e. The quantitative estimate of drug-likeness (QED) is 0.587. The van der Waals surface area contributed by atoms with Crippen LogP contribution in [0.15, 0.2) is 71.3 Å². The van der Waals surface area contributed by atoms with Gasteiger partial charge in [-0.15, -0.1) is 0 Å². The van der Waals surface area contributed by atoms with E-state index in [2.05, 4.69) is 0 Å². The number of carbonyl (C=O) groups excluding carboxylic acids is 1. The molecular formula is C22H22FNO3. The van der Waals surface area contributed by atoms with E-state index in [9.17, 15) is 9.18 Å². The Kier molecular flexibility index (Phi) is 5.91. The van der Waals surface area contributed by atoms with Gasteiger partial charge in [-0.3, -0.25) is 4.79 Å². The summed E-state index contributed by atoms with van der Waals surface area (Å²) in [5.41, 5.74) is 1.40. The molecule has 0 aliphatic rings. The Morgan fingerprint density at radius 2 is 1.74 bits per heavy atom. The van der Waals surface area contributed by atoms with E-state index >= 15 is 0 Å². The Balaban J connectivity index is 1.80. The minimum absolute atomic E-state index is 0.0699. The average Bonchev–Trinajstić information content (AvgIpc) is 3.16. The van der Waals surface area contributed by atoms with Crippen molar-refractivity contribution < 1.29 is 18.3 Å². The van der Waals surface area contributed by atoms with Crippen molar-refractivity contribution in [3.05, 3.63) is 89.6 Å². The highest BCUT2D eigenvalue weighted by atomic mass is 19.1. The summed E-state index contributed by atoms with van der Waals surface area (Å²) < 4.78 is 24.2. The van der Waals surface area contributed by atoms with E-state index in [0.29, 0.717) is 24.4 Å². The molecule has 0 aliphatic carbocycles. The number of benzene rings is 2. The zero-order valence-electron chi connectivity index (χ0n) is 15.4. The van der Waals surface area contributed by atoms with Gasteiger partial charge in [0.15, 0.2) is 0 Å². The van der Waals surface area contributed by atoms with Crippen LogP contribution in [0, 0.1) is 5.82 Å². The third-order valence-corrected chi connectivity index (χ3v) is 3.97. The summed E-state index contributed by atoms with van der Waals surface area (Å²) >= 11 is 0. The highest BCUT2D eigenvalue weighted by Crippen LogP contribution is 2.18. The van der Waals surface area contributed by atoms with Crippen molar-refractivity contribution in [3.8, 4) is 5.75 Å². The summed E-state index contributed by atoms with van der Waals surface area (Å²) in [5, 5.41) is 0. The molecule has 0 spiro atoms. The highest BCUT2D eigenvalue weighted by Gasteiger charge is 2.18. The molecule has 1 aromatic heterocycles. The fraction of sp³-hybridized carbons (Fsp3) is 0.227. The van der Waals surface area contributed by atoms with Crippen molar-refractivity contribution >= 4 is 5.91 Å². The second-order valence-corrected chi connectivity index (χ2v) is 6.56. The number of amides is 1. The minimum atomic E-state index is -0.302. The van der Waals surface area contributed by atoms with Crippen molar-refractivity contribution in [3.63, 3.8) is 0 Å². The van der Waals surface area contributed by atoms with Gasteiger partial charge in [0.1, 0.15) is 17.3 Å². The first-order valence-electron chi connectivity index (χ1n) is 8.84. The Hall–Kier alpha value is -3.08. The van der Waals surface area contributed by atoms with Gasteiger partial charge in [-0.2, -0.15) is 0 Å². The maximum absolute atomic E-state index is 13.2. The predicted octanol–water partition coefficient (Wildman–Crippen LogP) is 5.05. The Morgan fingerprint density at radius 1 is 1.04 bits per heavy atom. The third-order valence-electron chi connectivity index (χ3n) is 3.97. The average molecular weight is 367 g/mol. The summed E-state index contributed by atoms with van der Waals surface area (Å²) in [6.07, 6.45) is 1.65. The summed E-state index contributed by atoms with van der Waals surface area (Å²) in [6, 6.07) is 16.8. The van der Waals surface area contributed by atoms with E-state index in [1.54, 1.807) is 53.6 Å². The van der Waals surface area contributed by atoms with Crippen LogP contribution in [-0.4, -0.2) is 16.9 Å². The molecule has 0 saturated carbocycles. The normalized spacial score (nSPS) is 10.8. The molecule has 2 aromatic carbocycles. The fourth-order valence-electron chi connectivity index (χ4n) is 2.73. The Morgan fingerprint density at radius 3 is 2.33 bits per heavy atom. The zero-order valence-corrected chi connectivity index (χ0v) is 15.4. The molecule has 0 N–H and O–H groups in total. The van der Waals surface area contributed by atoms with E-state index in [1.807, 2.05) is 19.9 Å². The summed E-state index contributed by atoms with van der Waals surface area (Å²) in [6.45, 7) is 4.58. The van der Waals surface area contributed by atoms with E-state index < -0.39 is 0 Å². The molecule has 3 rings (SSSR count). The van der Waals surface area contributed by atoms with Gasteiger partial charge in [-0.05, 0) is 67.9 Å². The zero-order chi connectivity index (χ0) is 19.2. The molecule has 0 radical (unpaired) electrons. The lowest BCUT2D eigenvalue weighted by Crippen LogP contribution is -2.30. The number of carbonyl (C=O) groups is 1. The SMILES string of the molecule is CC(C)Oc1ccc(C(=O)N(Cc2ccc(F)cc2)Cc2ccco2)cc1. The van der Waals surface area contributed by atoms with Crippen LogP contribution in [0.2, 0.25) is 0 Å². The van der Waals surface area contributed by atoms with Gasteiger partial charge in [0.2, 0.25) is 0 Å². The fourth-order valence-corrected chi connectivity index (χ4v) is 2.73. The second kappa shape index (κ2) is 8.54. The van der Waals surface area contributed by atoms with Gasteiger partial charge in [0.25, 0.3) is 5.91 Å². The number of hydrogen-bond donors (Lipinski definition) is 0. The molecule has 0 saturated heterocycles. The molecule has 0 bridgehead atoms. The van der Waals surface area contributed by atoms with Crippen molar-refractivity contribution in [2.45, 2.75) is 33.0 Å². The predicted molar refractivity (Wildman–Crippen MR) is 101 cm³/mol. The van der Waals surface area contributed by atoms with Crippen LogP contribution in [0.5, 0.6) is 5.75 Å². The van der Waals surface area contributed by atoms with Crippen LogP contribution < -0.4 is 4.74 Å². The maximum Gasteiger partial charge on any atom is 0.254 e. The molecule has 1 heterocycles. The van der Waals surface area contributed by atoms with Crippen molar-refractivity contribution in [2.75, 3.05) is 0 Å². The van der Waals surface area contributed by atoms with Crippen molar-refractivity contribution in [1.29, 1.82) is 0 Å². The van der Waals surface area contributed by atoms with Crippen molar-refractivity contribution in [2.24, 2.45) is 0 Å². The number of halogens is 1. The van der Waals surface area contributed by atoms with Gasteiger partial charge in [0.05, 0.1) is 18.9 Å². The number of ether oxygens (including phenoxy) is 1. The van der Waals surface area contributed by atoms with Gasteiger partial charge in [-0.25, -0.2) is 4.39 Å². The molecule has 4 nitrogen and oxygen atoms in total. The third kappa shape index (κ3) is 5.20. The molecule has 3 aromatic rings. The van der Waals surface area contributed by atoms with Crippen LogP contribution in [0.3, 0.4) is 0 Å². The number of rotatable bonds is 7. The molecule has 27 heavy (non-hydrogen) atoms. The van der Waals surface area contributed by atoms with Crippen molar-refractivity contribution in [1.82, 2.24) is 4.90 Å². The molecule has 0 atom stereocenters. The molecule has 5 heteroatoms. The smallest absolute Gasteiger partial charge is 0.254 e. The molecule has 1 amide bonds. The van der Waals surface area contributed by atoms with E-state index in [0.717, 1.165) is 11.3 Å². The summed E-state index contributed by atoms with van der Waals surface area (Å²) in [5.74, 6) is 0.970. The van der Waals surface area contributed by atoms with Gasteiger partial charge in [0, 0.05) is 12.1 Å². The van der Waals surface area contributed by atoms with Crippen LogP contribution in [0.25, 0.3) is 0 Å². The van der Waals surface area contributed by atoms with Crippen LogP contribution in [0.4, 0.5) is 4.39 Å². The lowest BCUT2D eigenvalue weighted by molar-refractivity contribution is 0.0717. The Labute approximate surface area is 158 Å². The molecule has 140 valence electrons. The van der Waals surface area contributed by atoms with Gasteiger partial charge >= 0.3 is 0 Å². The molecule has 0 aliphatic heterocycles. The first-order chi connectivity index (χ1) is 13.0. The molecule has 0 fully saturated rings.